The molecule has 0 aromatic heterocycles. The van der Waals surface area contributed by atoms with Crippen LogP contribution in [0.1, 0.15) is 12.5 Å². The maximum Gasteiger partial charge on any atom is 0.265 e. The van der Waals surface area contributed by atoms with Crippen LogP contribution in [0.3, 0.4) is 0 Å². The fourth-order valence-corrected chi connectivity index (χ4v) is 2.30. The Balaban J connectivity index is 2.38. The number of carbonyl (C=O) groups excluding carboxylic acids is 2. The van der Waals surface area contributed by atoms with Crippen LogP contribution < -0.4 is 10.1 Å². The molecule has 1 fully saturated rings. The third-order valence-corrected chi connectivity index (χ3v) is 3.41. The summed E-state index contributed by atoms with van der Waals surface area (Å²) in [4.78, 5) is 25.7. The normalized spacial score (nSPS) is 16.5. The van der Waals surface area contributed by atoms with Gasteiger partial charge in [-0.25, -0.2) is 0 Å². The summed E-state index contributed by atoms with van der Waals surface area (Å²) >= 11 is 4.98. The molecule has 0 saturated carbocycles. The number of benzene rings is 1. The quantitative estimate of drug-likeness (QED) is 0.371. The van der Waals surface area contributed by atoms with E-state index in [9.17, 15) is 14.7 Å². The minimum absolute atomic E-state index is 0.0112. The van der Waals surface area contributed by atoms with Gasteiger partial charge in [-0.1, -0.05) is 12.1 Å². The van der Waals surface area contributed by atoms with Gasteiger partial charge < -0.3 is 9.84 Å². The summed E-state index contributed by atoms with van der Waals surface area (Å²) in [6.45, 7) is 5.94. The minimum atomic E-state index is -0.564. The fraction of sp³-hybridized carbons (Fsp3) is 0.188. The van der Waals surface area contributed by atoms with Gasteiger partial charge in [0, 0.05) is 6.54 Å². The van der Waals surface area contributed by atoms with Crippen LogP contribution in [0.15, 0.2) is 36.4 Å². The highest BCUT2D eigenvalue weighted by Gasteiger charge is 2.32. The Labute approximate surface area is 139 Å². The van der Waals surface area contributed by atoms with Gasteiger partial charge in [0.25, 0.3) is 11.8 Å². The molecule has 7 heteroatoms. The number of amides is 2. The first-order valence-corrected chi connectivity index (χ1v) is 7.34. The molecule has 1 aromatic carbocycles. The molecule has 0 aliphatic carbocycles. The van der Waals surface area contributed by atoms with Crippen molar-refractivity contribution in [3.63, 3.8) is 0 Å². The number of phenols is 1. The van der Waals surface area contributed by atoms with E-state index in [1.54, 1.807) is 19.1 Å². The molecule has 0 radical (unpaired) electrons. The Morgan fingerprint density at radius 3 is 2.83 bits per heavy atom. The Kier molecular flexibility index (Phi) is 5.13. The number of nitrogens with zero attached hydrogens (tertiary/aromatic N) is 1. The molecule has 2 amide bonds. The first kappa shape index (κ1) is 16.7. The van der Waals surface area contributed by atoms with Crippen LogP contribution in [0.5, 0.6) is 11.5 Å². The van der Waals surface area contributed by atoms with E-state index in [2.05, 4.69) is 11.9 Å². The van der Waals surface area contributed by atoms with E-state index in [4.69, 9.17) is 17.0 Å². The van der Waals surface area contributed by atoms with Gasteiger partial charge in [0.1, 0.15) is 5.57 Å². The highest BCUT2D eigenvalue weighted by Crippen LogP contribution is 2.28. The lowest BCUT2D eigenvalue weighted by Gasteiger charge is -2.27. The summed E-state index contributed by atoms with van der Waals surface area (Å²) in [5.41, 5.74) is 0.504. The molecule has 0 spiro atoms. The molecule has 1 heterocycles. The molecule has 0 bridgehead atoms. The molecule has 0 unspecified atom stereocenters. The molecule has 0 atom stereocenters. The average molecular weight is 332 g/mol. The van der Waals surface area contributed by atoms with Crippen LogP contribution >= 0.6 is 12.2 Å². The van der Waals surface area contributed by atoms with Crippen molar-refractivity contribution in [3.05, 3.63) is 42.0 Å². The number of carbonyl (C=O) groups is 2. The number of hydrogen-bond acceptors (Lipinski definition) is 5. The van der Waals surface area contributed by atoms with Crippen molar-refractivity contribution in [2.45, 2.75) is 6.92 Å². The first-order chi connectivity index (χ1) is 11.0. The predicted octanol–water partition coefficient (Wildman–Crippen LogP) is 1.60. The van der Waals surface area contributed by atoms with E-state index in [0.717, 1.165) is 0 Å². The highest BCUT2D eigenvalue weighted by atomic mass is 32.1. The van der Waals surface area contributed by atoms with Crippen LogP contribution in [0, 0.1) is 0 Å². The monoisotopic (exact) mass is 332 g/mol. The van der Waals surface area contributed by atoms with Gasteiger partial charge in [-0.2, -0.15) is 0 Å². The summed E-state index contributed by atoms with van der Waals surface area (Å²) in [7, 11) is 0. The Morgan fingerprint density at radius 1 is 1.43 bits per heavy atom. The zero-order valence-corrected chi connectivity index (χ0v) is 13.4. The standard InChI is InChI=1S/C16H16N2O4S/c1-3-7-18-15(21)11(14(20)17-16(18)23)8-10-5-6-12(19)13(9-10)22-4-2/h3,5-6,8-9,19H,1,4,7H2,2H3,(H,17,20,23)/b11-8-. The number of thiocarbonyl (C=S) groups is 1. The zero-order chi connectivity index (χ0) is 17.0. The van der Waals surface area contributed by atoms with Gasteiger partial charge in [0.15, 0.2) is 16.6 Å². The summed E-state index contributed by atoms with van der Waals surface area (Å²) in [5, 5.41) is 12.2. The summed E-state index contributed by atoms with van der Waals surface area (Å²) in [6, 6.07) is 4.57. The van der Waals surface area contributed by atoms with Gasteiger partial charge in [-0.05, 0) is 42.9 Å². The lowest BCUT2D eigenvalue weighted by molar-refractivity contribution is -0.128. The number of ether oxygens (including phenoxy) is 1. The second-order valence-electron chi connectivity index (χ2n) is 4.68. The lowest BCUT2D eigenvalue weighted by atomic mass is 10.1. The summed E-state index contributed by atoms with van der Waals surface area (Å²) in [5.74, 6) is -0.789. The van der Waals surface area contributed by atoms with Crippen LogP contribution in [0.2, 0.25) is 0 Å². The largest absolute Gasteiger partial charge is 0.504 e. The van der Waals surface area contributed by atoms with Crippen molar-refractivity contribution < 1.29 is 19.4 Å². The highest BCUT2D eigenvalue weighted by molar-refractivity contribution is 7.80. The maximum atomic E-state index is 12.4. The third kappa shape index (κ3) is 3.57. The summed E-state index contributed by atoms with van der Waals surface area (Å²) < 4.78 is 5.29. The molecular formula is C16H16N2O4S. The van der Waals surface area contributed by atoms with E-state index in [1.807, 2.05) is 0 Å². The topological polar surface area (TPSA) is 78.9 Å². The van der Waals surface area contributed by atoms with Crippen LogP contribution in [-0.4, -0.2) is 40.1 Å². The number of hydrogen-bond donors (Lipinski definition) is 2. The molecule has 1 aromatic rings. The van der Waals surface area contributed by atoms with E-state index in [0.29, 0.717) is 12.2 Å². The van der Waals surface area contributed by atoms with Gasteiger partial charge in [-0.15, -0.1) is 6.58 Å². The van der Waals surface area contributed by atoms with Crippen molar-refractivity contribution in [3.8, 4) is 11.5 Å². The Morgan fingerprint density at radius 2 is 2.17 bits per heavy atom. The van der Waals surface area contributed by atoms with E-state index in [1.165, 1.54) is 23.1 Å². The molecular weight excluding hydrogens is 316 g/mol. The van der Waals surface area contributed by atoms with E-state index < -0.39 is 11.8 Å². The number of rotatable bonds is 5. The van der Waals surface area contributed by atoms with Crippen LogP contribution in [-0.2, 0) is 9.59 Å². The molecule has 2 rings (SSSR count). The molecule has 2 N–H and O–H groups in total. The van der Waals surface area contributed by atoms with Crippen molar-refractivity contribution >= 4 is 35.2 Å². The van der Waals surface area contributed by atoms with Crippen LogP contribution in [0.25, 0.3) is 6.08 Å². The number of phenolic OH excluding ortho intramolecular Hbond substituents is 1. The van der Waals surface area contributed by atoms with Gasteiger partial charge >= 0.3 is 0 Å². The van der Waals surface area contributed by atoms with Crippen molar-refractivity contribution in [1.82, 2.24) is 10.2 Å². The van der Waals surface area contributed by atoms with Gasteiger partial charge in [0.05, 0.1) is 6.61 Å². The van der Waals surface area contributed by atoms with Gasteiger partial charge in [0.2, 0.25) is 0 Å². The molecule has 1 aliphatic heterocycles. The SMILES string of the molecule is C=CCN1C(=O)/C(=C\c2ccc(O)c(OCC)c2)C(=O)NC1=S. The third-order valence-electron chi connectivity index (χ3n) is 3.09. The molecule has 23 heavy (non-hydrogen) atoms. The molecule has 1 saturated heterocycles. The predicted molar refractivity (Wildman–Crippen MR) is 89.9 cm³/mol. The first-order valence-electron chi connectivity index (χ1n) is 6.93. The zero-order valence-electron chi connectivity index (χ0n) is 12.5. The lowest BCUT2D eigenvalue weighted by Crippen LogP contribution is -2.53. The molecule has 120 valence electrons. The van der Waals surface area contributed by atoms with Crippen molar-refractivity contribution in [2.24, 2.45) is 0 Å². The Hall–Kier alpha value is -2.67. The Bertz CT molecular complexity index is 712. The van der Waals surface area contributed by atoms with Gasteiger partial charge in [-0.3, -0.25) is 19.8 Å². The maximum absolute atomic E-state index is 12.4. The van der Waals surface area contributed by atoms with Crippen molar-refractivity contribution in [2.75, 3.05) is 13.2 Å². The second kappa shape index (κ2) is 7.06. The minimum Gasteiger partial charge on any atom is -0.504 e. The van der Waals surface area contributed by atoms with Crippen molar-refractivity contribution in [1.29, 1.82) is 0 Å². The van der Waals surface area contributed by atoms with Crippen LogP contribution in [0.4, 0.5) is 0 Å². The second-order valence-corrected chi connectivity index (χ2v) is 5.07. The number of aromatic hydroxyl groups is 1. The smallest absolute Gasteiger partial charge is 0.265 e. The summed E-state index contributed by atoms with van der Waals surface area (Å²) in [6.07, 6.45) is 2.95. The van der Waals surface area contributed by atoms with E-state index in [-0.39, 0.29) is 28.7 Å². The number of nitrogens with one attached hydrogen (secondary N) is 1. The molecule has 6 nitrogen and oxygen atoms in total. The molecule has 1 aliphatic rings. The van der Waals surface area contributed by atoms with E-state index >= 15 is 0 Å². The fourth-order valence-electron chi connectivity index (χ4n) is 2.05. The average Bonchev–Trinajstić information content (AvgIpc) is 2.51.